The minimum absolute atomic E-state index is 0.0128. The molecule has 1 saturated carbocycles. The molecule has 7 nitrogen and oxygen atoms in total. The standard InChI is InChI=1S/C26H30N2O5/c29-24(30)13-6-14-27-25(31)17-7-5-8-18(15-17)28-26(32)33-16-23-21-11-3-1-9-19(21)20-10-2-4-12-22(20)23/h1-4,9-12,17-18,23H,5-8,13-16H2,(H,27,31)(H,28,32)(H,29,30)/t17-,18+/m0/s1. The van der Waals surface area contributed by atoms with Crippen LogP contribution in [0.25, 0.3) is 11.1 Å². The van der Waals surface area contributed by atoms with Crippen LogP contribution in [-0.4, -0.2) is 42.3 Å². The fraction of sp³-hybridized carbons (Fsp3) is 0.423. The Morgan fingerprint density at radius 1 is 0.970 bits per heavy atom. The number of carboxylic acids is 1. The van der Waals surface area contributed by atoms with E-state index in [4.69, 9.17) is 9.84 Å². The van der Waals surface area contributed by atoms with Gasteiger partial charge in [0, 0.05) is 30.8 Å². The molecule has 0 spiro atoms. The molecule has 3 N–H and O–H groups in total. The molecular weight excluding hydrogens is 420 g/mol. The first-order valence-corrected chi connectivity index (χ1v) is 11.6. The zero-order valence-corrected chi connectivity index (χ0v) is 18.6. The molecular formula is C26H30N2O5. The van der Waals surface area contributed by atoms with Gasteiger partial charge < -0.3 is 20.5 Å². The fourth-order valence-corrected chi connectivity index (χ4v) is 4.96. The van der Waals surface area contributed by atoms with Gasteiger partial charge in [0.25, 0.3) is 0 Å². The Hall–Kier alpha value is -3.35. The Kier molecular flexibility index (Phi) is 7.27. The first-order valence-electron chi connectivity index (χ1n) is 11.6. The maximum absolute atomic E-state index is 12.6. The lowest BCUT2D eigenvalue weighted by atomic mass is 9.85. The molecule has 4 rings (SSSR count). The average molecular weight is 451 g/mol. The predicted molar refractivity (Wildman–Crippen MR) is 124 cm³/mol. The Bertz CT molecular complexity index is 976. The van der Waals surface area contributed by atoms with E-state index in [-0.39, 0.29) is 36.8 Å². The van der Waals surface area contributed by atoms with Crippen LogP contribution in [0, 0.1) is 5.92 Å². The van der Waals surface area contributed by atoms with Crippen LogP contribution in [0.3, 0.4) is 0 Å². The number of carbonyl (C=O) groups excluding carboxylic acids is 2. The van der Waals surface area contributed by atoms with Gasteiger partial charge in [-0.2, -0.15) is 0 Å². The predicted octanol–water partition coefficient (Wildman–Crippen LogP) is 4.06. The van der Waals surface area contributed by atoms with Gasteiger partial charge in [0.2, 0.25) is 5.91 Å². The molecule has 0 bridgehead atoms. The molecule has 2 aromatic rings. The molecule has 1 fully saturated rings. The average Bonchev–Trinajstić information content (AvgIpc) is 3.14. The highest BCUT2D eigenvalue weighted by Crippen LogP contribution is 2.44. The molecule has 33 heavy (non-hydrogen) atoms. The zero-order chi connectivity index (χ0) is 23.2. The maximum atomic E-state index is 12.6. The molecule has 174 valence electrons. The molecule has 0 heterocycles. The van der Waals surface area contributed by atoms with Crippen LogP contribution in [-0.2, 0) is 14.3 Å². The van der Waals surface area contributed by atoms with Crippen molar-refractivity contribution in [1.82, 2.24) is 10.6 Å². The summed E-state index contributed by atoms with van der Waals surface area (Å²) >= 11 is 0. The molecule has 2 aromatic carbocycles. The molecule has 0 aromatic heterocycles. The van der Waals surface area contributed by atoms with E-state index in [9.17, 15) is 14.4 Å². The number of carbonyl (C=O) groups is 3. The van der Waals surface area contributed by atoms with Crippen molar-refractivity contribution in [3.05, 3.63) is 59.7 Å². The first kappa shape index (κ1) is 22.8. The number of benzene rings is 2. The van der Waals surface area contributed by atoms with E-state index < -0.39 is 12.1 Å². The molecule has 2 atom stereocenters. The maximum Gasteiger partial charge on any atom is 0.407 e. The second kappa shape index (κ2) is 10.5. The topological polar surface area (TPSA) is 105 Å². The summed E-state index contributed by atoms with van der Waals surface area (Å²) in [5.41, 5.74) is 4.71. The third-order valence-corrected chi connectivity index (χ3v) is 6.58. The second-order valence-corrected chi connectivity index (χ2v) is 8.82. The quantitative estimate of drug-likeness (QED) is 0.526. The number of rotatable bonds is 8. The van der Waals surface area contributed by atoms with Gasteiger partial charge in [0.05, 0.1) is 0 Å². The van der Waals surface area contributed by atoms with E-state index in [0.717, 1.165) is 19.3 Å². The highest BCUT2D eigenvalue weighted by atomic mass is 16.5. The number of hydrogen-bond acceptors (Lipinski definition) is 4. The summed E-state index contributed by atoms with van der Waals surface area (Å²) in [6, 6.07) is 16.3. The molecule has 2 aliphatic carbocycles. The lowest BCUT2D eigenvalue weighted by Gasteiger charge is -2.29. The third-order valence-electron chi connectivity index (χ3n) is 6.58. The van der Waals surface area contributed by atoms with Crippen LogP contribution in [0.2, 0.25) is 0 Å². The minimum Gasteiger partial charge on any atom is -0.481 e. The molecule has 0 saturated heterocycles. The van der Waals surface area contributed by atoms with Crippen molar-refractivity contribution in [3.8, 4) is 11.1 Å². The second-order valence-electron chi connectivity index (χ2n) is 8.82. The molecule has 0 unspecified atom stereocenters. The van der Waals surface area contributed by atoms with Gasteiger partial charge in [-0.1, -0.05) is 55.0 Å². The summed E-state index contributed by atoms with van der Waals surface area (Å²) < 4.78 is 5.63. The van der Waals surface area contributed by atoms with Crippen molar-refractivity contribution in [3.63, 3.8) is 0 Å². The molecule has 7 heteroatoms. The van der Waals surface area contributed by atoms with E-state index in [0.29, 0.717) is 19.4 Å². The van der Waals surface area contributed by atoms with E-state index >= 15 is 0 Å². The summed E-state index contributed by atoms with van der Waals surface area (Å²) in [4.78, 5) is 35.5. The number of hydrogen-bond donors (Lipinski definition) is 3. The van der Waals surface area contributed by atoms with Gasteiger partial charge in [-0.15, -0.1) is 0 Å². The van der Waals surface area contributed by atoms with Gasteiger partial charge >= 0.3 is 12.1 Å². The number of alkyl carbamates (subject to hydrolysis) is 1. The summed E-state index contributed by atoms with van der Waals surface area (Å²) in [7, 11) is 0. The fourth-order valence-electron chi connectivity index (χ4n) is 4.96. The highest BCUT2D eigenvalue weighted by molar-refractivity contribution is 5.80. The molecule has 0 radical (unpaired) electrons. The number of nitrogens with one attached hydrogen (secondary N) is 2. The van der Waals surface area contributed by atoms with Crippen LogP contribution in [0.1, 0.15) is 55.6 Å². The summed E-state index contributed by atoms with van der Waals surface area (Å²) in [5, 5.41) is 14.4. The van der Waals surface area contributed by atoms with Gasteiger partial charge in [-0.05, 0) is 47.9 Å². The van der Waals surface area contributed by atoms with Crippen molar-refractivity contribution < 1.29 is 24.2 Å². The Morgan fingerprint density at radius 2 is 1.64 bits per heavy atom. The van der Waals surface area contributed by atoms with Crippen molar-refractivity contribution in [2.24, 2.45) is 5.92 Å². The summed E-state index contributed by atoms with van der Waals surface area (Å²) in [6.45, 7) is 0.617. The van der Waals surface area contributed by atoms with E-state index in [1.807, 2.05) is 24.3 Å². The lowest BCUT2D eigenvalue weighted by Crippen LogP contribution is -2.43. The third kappa shape index (κ3) is 5.53. The van der Waals surface area contributed by atoms with E-state index in [1.54, 1.807) is 0 Å². The number of fused-ring (bicyclic) bond motifs is 3. The van der Waals surface area contributed by atoms with Crippen molar-refractivity contribution in [1.29, 1.82) is 0 Å². The van der Waals surface area contributed by atoms with Gasteiger partial charge in [0.1, 0.15) is 6.61 Å². The highest BCUT2D eigenvalue weighted by Gasteiger charge is 2.31. The Morgan fingerprint density at radius 3 is 2.30 bits per heavy atom. The smallest absolute Gasteiger partial charge is 0.407 e. The normalized spacial score (nSPS) is 19.3. The van der Waals surface area contributed by atoms with Crippen LogP contribution < -0.4 is 10.6 Å². The van der Waals surface area contributed by atoms with E-state index in [2.05, 4.69) is 34.9 Å². The van der Waals surface area contributed by atoms with Crippen molar-refractivity contribution >= 4 is 18.0 Å². The van der Waals surface area contributed by atoms with E-state index in [1.165, 1.54) is 22.3 Å². The monoisotopic (exact) mass is 450 g/mol. The number of carboxylic acid groups (broad SMARTS) is 1. The molecule has 2 amide bonds. The van der Waals surface area contributed by atoms with Gasteiger partial charge in [0.15, 0.2) is 0 Å². The largest absolute Gasteiger partial charge is 0.481 e. The first-order chi connectivity index (χ1) is 16.0. The Labute approximate surface area is 193 Å². The summed E-state index contributed by atoms with van der Waals surface area (Å²) in [5.74, 6) is -1.10. The SMILES string of the molecule is O=C(O)CCCNC(=O)[C@H]1CCC[C@@H](NC(=O)OCC2c3ccccc3-c3ccccc32)C1. The number of aliphatic carboxylic acids is 1. The number of amides is 2. The molecule has 0 aliphatic heterocycles. The van der Waals surface area contributed by atoms with Crippen molar-refractivity contribution in [2.45, 2.75) is 50.5 Å². The molecule has 2 aliphatic rings. The van der Waals surface area contributed by atoms with Gasteiger partial charge in [-0.25, -0.2) is 4.79 Å². The number of ether oxygens (including phenoxy) is 1. The summed E-state index contributed by atoms with van der Waals surface area (Å²) in [6.07, 6.45) is 2.99. The van der Waals surface area contributed by atoms with Crippen LogP contribution >= 0.6 is 0 Å². The zero-order valence-electron chi connectivity index (χ0n) is 18.6. The minimum atomic E-state index is -0.866. The van der Waals surface area contributed by atoms with Crippen LogP contribution in [0.5, 0.6) is 0 Å². The Balaban J connectivity index is 1.27. The van der Waals surface area contributed by atoms with Crippen LogP contribution in [0.4, 0.5) is 4.79 Å². The van der Waals surface area contributed by atoms with Crippen LogP contribution in [0.15, 0.2) is 48.5 Å². The van der Waals surface area contributed by atoms with Gasteiger partial charge in [-0.3, -0.25) is 9.59 Å². The van der Waals surface area contributed by atoms with Crippen molar-refractivity contribution in [2.75, 3.05) is 13.2 Å². The lowest BCUT2D eigenvalue weighted by molar-refractivity contribution is -0.137.